The second-order valence-electron chi connectivity index (χ2n) is 4.82. The fraction of sp³-hybridized carbons (Fsp3) is 0.500. The molecule has 1 aliphatic heterocycles. The van der Waals surface area contributed by atoms with Crippen molar-refractivity contribution >= 4 is 11.8 Å². The number of carbonyl (C=O) groups excluding carboxylic acids is 2. The Kier molecular flexibility index (Phi) is 2.41. The zero-order valence-electron chi connectivity index (χ0n) is 9.86. The summed E-state index contributed by atoms with van der Waals surface area (Å²) < 4.78 is 0. The van der Waals surface area contributed by atoms with Gasteiger partial charge < -0.3 is 11.1 Å². The normalized spacial score (nSPS) is 37.8. The Morgan fingerprint density at radius 1 is 1.61 bits per heavy atom. The summed E-state index contributed by atoms with van der Waals surface area (Å²) in [6.45, 7) is 1.70. The third-order valence-corrected chi connectivity index (χ3v) is 4.10. The van der Waals surface area contributed by atoms with Gasteiger partial charge in [-0.1, -0.05) is 13.0 Å². The molecule has 0 spiro atoms. The Bertz CT molecular complexity index is 553. The van der Waals surface area contributed by atoms with Crippen molar-refractivity contribution in [2.45, 2.75) is 19.8 Å². The van der Waals surface area contributed by atoms with E-state index in [1.165, 1.54) is 0 Å². The Labute approximate surface area is 104 Å². The van der Waals surface area contributed by atoms with Crippen LogP contribution in [-0.4, -0.2) is 11.8 Å². The third-order valence-electron chi connectivity index (χ3n) is 4.10. The Balaban J connectivity index is 2.73. The van der Waals surface area contributed by atoms with Crippen molar-refractivity contribution in [3.8, 4) is 12.1 Å². The van der Waals surface area contributed by atoms with E-state index in [0.717, 1.165) is 0 Å². The second kappa shape index (κ2) is 3.58. The minimum Gasteiger partial charge on any atom is -0.368 e. The maximum atomic E-state index is 11.9. The van der Waals surface area contributed by atoms with Crippen LogP contribution in [0, 0.1) is 39.4 Å². The van der Waals surface area contributed by atoms with Crippen LogP contribution in [0.4, 0.5) is 0 Å². The van der Waals surface area contributed by atoms with Crippen LogP contribution in [0.15, 0.2) is 11.8 Å². The van der Waals surface area contributed by atoms with Crippen molar-refractivity contribution in [1.82, 2.24) is 5.32 Å². The topological polar surface area (TPSA) is 120 Å². The number of primary amides is 1. The average Bonchev–Trinajstić information content (AvgIpc) is 2.68. The Morgan fingerprint density at radius 3 is 2.78 bits per heavy atom. The molecule has 0 aromatic heterocycles. The molecule has 0 radical (unpaired) electrons. The van der Waals surface area contributed by atoms with Crippen molar-refractivity contribution in [2.24, 2.45) is 22.5 Å². The Hall–Kier alpha value is -2.34. The predicted molar refractivity (Wildman–Crippen MR) is 59.9 cm³/mol. The zero-order chi connectivity index (χ0) is 13.6. The first-order chi connectivity index (χ1) is 8.44. The third kappa shape index (κ3) is 1.10. The molecule has 2 rings (SSSR count). The molecule has 3 atom stereocenters. The number of piperidine rings is 1. The van der Waals surface area contributed by atoms with E-state index >= 15 is 0 Å². The van der Waals surface area contributed by atoms with Crippen LogP contribution in [-0.2, 0) is 9.59 Å². The van der Waals surface area contributed by atoms with Gasteiger partial charge in [-0.05, 0) is 12.8 Å². The summed E-state index contributed by atoms with van der Waals surface area (Å²) in [4.78, 5) is 23.7. The lowest BCUT2D eigenvalue weighted by Crippen LogP contribution is -2.62. The number of hydrogen-bond donors (Lipinski definition) is 2. The number of hydrogen-bond acceptors (Lipinski definition) is 4. The van der Waals surface area contributed by atoms with E-state index in [1.54, 1.807) is 19.1 Å². The van der Waals surface area contributed by atoms with Gasteiger partial charge in [0.2, 0.25) is 11.8 Å². The highest BCUT2D eigenvalue weighted by molar-refractivity contribution is 5.97. The quantitative estimate of drug-likeness (QED) is 0.671. The molecule has 0 aromatic rings. The fourth-order valence-corrected chi connectivity index (χ4v) is 3.00. The number of nitrogens with two attached hydrogens (primary N) is 1. The van der Waals surface area contributed by atoms with Gasteiger partial charge in [-0.15, -0.1) is 0 Å². The highest BCUT2D eigenvalue weighted by Gasteiger charge is 2.66. The first-order valence-electron chi connectivity index (χ1n) is 5.56. The van der Waals surface area contributed by atoms with E-state index in [9.17, 15) is 14.9 Å². The van der Waals surface area contributed by atoms with Crippen LogP contribution in [0.1, 0.15) is 19.8 Å². The number of nitrogens with one attached hydrogen (secondary N) is 1. The molecule has 18 heavy (non-hydrogen) atoms. The van der Waals surface area contributed by atoms with E-state index in [-0.39, 0.29) is 0 Å². The van der Waals surface area contributed by atoms with Gasteiger partial charge in [0, 0.05) is 11.1 Å². The zero-order valence-corrected chi connectivity index (χ0v) is 9.86. The molecule has 6 nitrogen and oxygen atoms in total. The van der Waals surface area contributed by atoms with Crippen LogP contribution in [0.25, 0.3) is 0 Å². The van der Waals surface area contributed by atoms with Gasteiger partial charge in [0.25, 0.3) is 0 Å². The maximum Gasteiger partial charge on any atom is 0.243 e. The molecule has 1 saturated heterocycles. The molecular weight excluding hydrogens is 232 g/mol. The van der Waals surface area contributed by atoms with Crippen LogP contribution >= 0.6 is 0 Å². The highest BCUT2D eigenvalue weighted by Crippen LogP contribution is 2.56. The molecule has 2 aliphatic rings. The highest BCUT2D eigenvalue weighted by atomic mass is 16.2. The molecule has 92 valence electrons. The molecule has 1 aliphatic carbocycles. The minimum atomic E-state index is -1.80. The van der Waals surface area contributed by atoms with E-state index in [1.807, 2.05) is 6.07 Å². The molecule has 0 aromatic carbocycles. The van der Waals surface area contributed by atoms with Gasteiger partial charge in [-0.25, -0.2) is 0 Å². The summed E-state index contributed by atoms with van der Waals surface area (Å²) in [7, 11) is 0. The molecule has 1 heterocycles. The average molecular weight is 244 g/mol. The van der Waals surface area contributed by atoms with Crippen LogP contribution in [0.2, 0.25) is 0 Å². The molecule has 3 N–H and O–H groups in total. The van der Waals surface area contributed by atoms with Gasteiger partial charge in [-0.2, -0.15) is 10.5 Å². The van der Waals surface area contributed by atoms with Crippen molar-refractivity contribution in [3.05, 3.63) is 11.8 Å². The number of nitrogens with zero attached hydrogens (tertiary/aromatic N) is 2. The van der Waals surface area contributed by atoms with E-state index in [4.69, 9.17) is 11.0 Å². The lowest BCUT2D eigenvalue weighted by Gasteiger charge is -2.46. The molecular formula is C12H12N4O2. The largest absolute Gasteiger partial charge is 0.368 e. The smallest absolute Gasteiger partial charge is 0.243 e. The number of nitriles is 2. The minimum absolute atomic E-state index is 0.511. The fourth-order valence-electron chi connectivity index (χ4n) is 3.00. The molecule has 1 fully saturated rings. The second-order valence-corrected chi connectivity index (χ2v) is 4.82. The number of allylic oxidation sites excluding steroid dienone is 2. The summed E-state index contributed by atoms with van der Waals surface area (Å²) in [6, 6.07) is 3.61. The predicted octanol–water partition coefficient (Wildman–Crippen LogP) is -0.0647. The van der Waals surface area contributed by atoms with Gasteiger partial charge in [-0.3, -0.25) is 9.59 Å². The van der Waals surface area contributed by atoms with Gasteiger partial charge in [0.05, 0.1) is 12.1 Å². The summed E-state index contributed by atoms with van der Waals surface area (Å²) in [5, 5.41) is 21.2. The monoisotopic (exact) mass is 244 g/mol. The van der Waals surface area contributed by atoms with Crippen molar-refractivity contribution in [3.63, 3.8) is 0 Å². The summed E-state index contributed by atoms with van der Waals surface area (Å²) in [5.41, 5.74) is 3.19. The maximum absolute atomic E-state index is 11.9. The van der Waals surface area contributed by atoms with E-state index < -0.39 is 28.6 Å². The number of rotatable bonds is 1. The SMILES string of the molecule is CC12CCC=C1NC(=O)C(C#N)C2(C#N)C(N)=O. The molecule has 0 saturated carbocycles. The van der Waals surface area contributed by atoms with Crippen molar-refractivity contribution < 1.29 is 9.59 Å². The van der Waals surface area contributed by atoms with Crippen LogP contribution in [0.3, 0.4) is 0 Å². The summed E-state index contributed by atoms with van der Waals surface area (Å²) >= 11 is 0. The first-order valence-corrected chi connectivity index (χ1v) is 5.56. The molecule has 6 heteroatoms. The number of amides is 2. The van der Waals surface area contributed by atoms with Crippen LogP contribution in [0.5, 0.6) is 0 Å². The molecule has 0 bridgehead atoms. The van der Waals surface area contributed by atoms with Gasteiger partial charge >= 0.3 is 0 Å². The van der Waals surface area contributed by atoms with E-state index in [0.29, 0.717) is 18.5 Å². The van der Waals surface area contributed by atoms with Gasteiger partial charge in [0.1, 0.15) is 0 Å². The first kappa shape index (κ1) is 12.1. The lowest BCUT2D eigenvalue weighted by atomic mass is 9.55. The van der Waals surface area contributed by atoms with Crippen molar-refractivity contribution in [2.75, 3.05) is 0 Å². The lowest BCUT2D eigenvalue weighted by molar-refractivity contribution is -0.143. The standard InChI is InChI=1S/C12H12N4O2/c1-11-4-2-3-8(11)16-9(17)7(5-13)12(11,6-14)10(15)18/h3,7H,2,4H2,1H3,(H2,15,18)(H,16,17). The van der Waals surface area contributed by atoms with Crippen LogP contribution < -0.4 is 11.1 Å². The van der Waals surface area contributed by atoms with Gasteiger partial charge in [0.15, 0.2) is 11.3 Å². The summed E-state index contributed by atoms with van der Waals surface area (Å²) in [6.07, 6.45) is 2.93. The number of fused-ring (bicyclic) bond motifs is 1. The van der Waals surface area contributed by atoms with E-state index in [2.05, 4.69) is 5.32 Å². The molecule has 2 amide bonds. The molecule has 3 unspecified atom stereocenters. The Morgan fingerprint density at radius 2 is 2.28 bits per heavy atom. The van der Waals surface area contributed by atoms with Crippen molar-refractivity contribution in [1.29, 1.82) is 10.5 Å². The summed E-state index contributed by atoms with van der Waals surface area (Å²) in [5.74, 6) is -2.93. The number of carbonyl (C=O) groups is 2.